The van der Waals surface area contributed by atoms with Gasteiger partial charge in [-0.05, 0) is 37.3 Å². The van der Waals surface area contributed by atoms with Gasteiger partial charge in [-0.15, -0.1) is 0 Å². The molecule has 2 aliphatic heterocycles. The molecule has 0 aliphatic carbocycles. The van der Waals surface area contributed by atoms with Gasteiger partial charge in [0.25, 0.3) is 10.3 Å². The van der Waals surface area contributed by atoms with Crippen LogP contribution in [0.3, 0.4) is 0 Å². The van der Waals surface area contributed by atoms with E-state index in [4.69, 9.17) is 21.7 Å². The molecule has 0 bridgehead atoms. The maximum Gasteiger partial charge on any atom is 0.414 e. The summed E-state index contributed by atoms with van der Waals surface area (Å²) in [6, 6.07) is 4.53. The van der Waals surface area contributed by atoms with Crippen LogP contribution in [-0.4, -0.2) is 74.8 Å². The summed E-state index contributed by atoms with van der Waals surface area (Å²) in [4.78, 5) is 43.4. The fourth-order valence-electron chi connectivity index (χ4n) is 3.20. The quantitative estimate of drug-likeness (QED) is 0.294. The Morgan fingerprint density at radius 2 is 2.12 bits per heavy atom. The number of benzene rings is 1. The van der Waals surface area contributed by atoms with Crippen molar-refractivity contribution in [2.45, 2.75) is 18.1 Å². The van der Waals surface area contributed by atoms with E-state index in [1.807, 2.05) is 16.7 Å². The zero-order valence-electron chi connectivity index (χ0n) is 17.5. The van der Waals surface area contributed by atoms with Crippen molar-refractivity contribution < 1.29 is 42.5 Å². The van der Waals surface area contributed by atoms with Crippen molar-refractivity contribution in [2.24, 2.45) is 0 Å². The van der Waals surface area contributed by atoms with Crippen molar-refractivity contribution in [2.75, 3.05) is 47.5 Å². The van der Waals surface area contributed by atoms with Gasteiger partial charge in [0.2, 0.25) is 8.03 Å². The van der Waals surface area contributed by atoms with Crippen LogP contribution < -0.4 is 15.1 Å². The molecule has 0 saturated carbocycles. The van der Waals surface area contributed by atoms with Crippen molar-refractivity contribution in [3.63, 3.8) is 0 Å². The molecule has 0 spiro atoms. The summed E-state index contributed by atoms with van der Waals surface area (Å²) in [5.41, 5.74) is 0.797. The second-order valence-electron chi connectivity index (χ2n) is 7.45. The zero-order valence-corrected chi connectivity index (χ0v) is 21.0. The lowest BCUT2D eigenvalue weighted by atomic mass is 10.2. The number of anilines is 2. The van der Waals surface area contributed by atoms with Gasteiger partial charge in [0, 0.05) is 24.6 Å². The second-order valence-corrected chi connectivity index (χ2v) is 13.0. The molecule has 3 rings (SSSR count). The third-order valence-corrected chi connectivity index (χ3v) is 9.90. The van der Waals surface area contributed by atoms with E-state index in [9.17, 15) is 33.0 Å². The number of nitrogens with one attached hydrogen (secondary N) is 1. The number of ether oxygens (including phenoxy) is 2. The number of halogens is 1. The minimum atomic E-state index is -5.13. The van der Waals surface area contributed by atoms with Crippen LogP contribution in [0.2, 0.25) is 0 Å². The Kier molecular flexibility index (Phi) is 8.32. The second kappa shape index (κ2) is 10.5. The monoisotopic (exact) mass is 543 g/mol. The normalized spacial score (nSPS) is 21.8. The molecule has 33 heavy (non-hydrogen) atoms. The van der Waals surface area contributed by atoms with E-state index in [1.54, 1.807) is 12.1 Å². The average molecular weight is 543 g/mol. The van der Waals surface area contributed by atoms with E-state index < -0.39 is 43.9 Å². The van der Waals surface area contributed by atoms with Crippen LogP contribution in [0.5, 0.6) is 0 Å². The predicted octanol–water partition coefficient (Wildman–Crippen LogP) is 1.91. The highest BCUT2D eigenvalue weighted by Crippen LogP contribution is 2.62. The first-order chi connectivity index (χ1) is 15.4. The third kappa shape index (κ3) is 6.00. The van der Waals surface area contributed by atoms with E-state index in [-0.39, 0.29) is 13.1 Å². The van der Waals surface area contributed by atoms with Gasteiger partial charge in [-0.1, -0.05) is 0 Å². The van der Waals surface area contributed by atoms with Gasteiger partial charge < -0.3 is 34.4 Å². The summed E-state index contributed by atoms with van der Waals surface area (Å²) in [6.07, 6.45) is -1.44. The van der Waals surface area contributed by atoms with E-state index in [0.29, 0.717) is 11.4 Å². The van der Waals surface area contributed by atoms with Crippen molar-refractivity contribution >= 4 is 62.2 Å². The number of thioether (sulfide) groups is 1. The highest BCUT2D eigenvalue weighted by Gasteiger charge is 2.51. The number of cyclic esters (lactones) is 1. The standard InChI is InChI=1S/C17H24FN3O8P2S2/c1-17(30(23)24,31(25,26)27)29-15(32)19-9-12-10-21(16(22)28-12)11-2-3-14(13(18)8-11)20-4-6-33-7-5-20/h2-3,8,12,30H,4-7,9-10H2,1H3,(H,19,32)(H,23,24)(H2,25,26,27)/t12-,17?/m0/s1. The Morgan fingerprint density at radius 3 is 2.70 bits per heavy atom. The van der Waals surface area contributed by atoms with Crippen LogP contribution in [0.25, 0.3) is 0 Å². The highest BCUT2D eigenvalue weighted by molar-refractivity contribution is 7.99. The Hall–Kier alpha value is -1.40. The molecule has 1 aromatic carbocycles. The lowest BCUT2D eigenvalue weighted by Gasteiger charge is -2.29. The lowest BCUT2D eigenvalue weighted by molar-refractivity contribution is 0.139. The Bertz CT molecular complexity index is 993. The Morgan fingerprint density at radius 1 is 1.45 bits per heavy atom. The number of rotatable bonds is 7. The van der Waals surface area contributed by atoms with Gasteiger partial charge in [0.15, 0.2) is 0 Å². The van der Waals surface area contributed by atoms with Gasteiger partial charge >= 0.3 is 13.7 Å². The largest absolute Gasteiger partial charge is 0.442 e. The third-order valence-electron chi connectivity index (χ3n) is 5.19. The first kappa shape index (κ1) is 26.2. The van der Waals surface area contributed by atoms with Gasteiger partial charge in [-0.2, -0.15) is 11.8 Å². The molecular formula is C17H24FN3O8P2S2. The molecule has 3 atom stereocenters. The molecule has 1 aromatic rings. The van der Waals surface area contributed by atoms with Crippen molar-refractivity contribution in [3.05, 3.63) is 24.0 Å². The van der Waals surface area contributed by atoms with Crippen molar-refractivity contribution in [3.8, 4) is 0 Å². The summed E-state index contributed by atoms with van der Waals surface area (Å²) in [5.74, 6) is 1.39. The van der Waals surface area contributed by atoms with Crippen LogP contribution in [0.1, 0.15) is 6.92 Å². The number of hydrogen-bond acceptors (Lipinski definition) is 8. The van der Waals surface area contributed by atoms with E-state index in [1.165, 1.54) is 11.0 Å². The van der Waals surface area contributed by atoms with Crippen molar-refractivity contribution in [1.29, 1.82) is 0 Å². The van der Waals surface area contributed by atoms with Crippen LogP contribution in [0, 0.1) is 5.82 Å². The van der Waals surface area contributed by atoms with E-state index in [2.05, 4.69) is 5.32 Å². The van der Waals surface area contributed by atoms with Crippen LogP contribution in [-0.2, 0) is 18.6 Å². The summed E-state index contributed by atoms with van der Waals surface area (Å²) in [7, 11) is -8.95. The molecule has 2 heterocycles. The molecule has 2 fully saturated rings. The lowest BCUT2D eigenvalue weighted by Crippen LogP contribution is -2.39. The Balaban J connectivity index is 1.59. The molecule has 2 aliphatic rings. The van der Waals surface area contributed by atoms with Gasteiger partial charge in [0.05, 0.1) is 24.5 Å². The maximum atomic E-state index is 14.7. The minimum Gasteiger partial charge on any atom is -0.442 e. The number of thiocarbonyl (C=S) groups is 1. The maximum absolute atomic E-state index is 14.7. The van der Waals surface area contributed by atoms with E-state index >= 15 is 0 Å². The van der Waals surface area contributed by atoms with Gasteiger partial charge in [-0.25, -0.2) is 9.18 Å². The minimum absolute atomic E-state index is 0.0555. The zero-order chi connectivity index (χ0) is 24.4. The summed E-state index contributed by atoms with van der Waals surface area (Å²) in [6.45, 7) is 2.22. The van der Waals surface area contributed by atoms with Crippen LogP contribution in [0.15, 0.2) is 18.2 Å². The smallest absolute Gasteiger partial charge is 0.414 e. The number of nitrogens with zero attached hydrogens (tertiary/aromatic N) is 2. The molecule has 2 unspecified atom stereocenters. The predicted molar refractivity (Wildman–Crippen MR) is 127 cm³/mol. The number of carbonyl (C=O) groups excluding carboxylic acids is 1. The summed E-state index contributed by atoms with van der Waals surface area (Å²) < 4.78 is 47.8. The summed E-state index contributed by atoms with van der Waals surface area (Å²) >= 11 is 6.66. The van der Waals surface area contributed by atoms with E-state index in [0.717, 1.165) is 31.5 Å². The number of amides is 1. The molecule has 11 nitrogen and oxygen atoms in total. The topological polar surface area (TPSA) is 149 Å². The Labute approximate surface area is 199 Å². The fraction of sp³-hybridized carbons (Fsp3) is 0.529. The molecule has 184 valence electrons. The van der Waals surface area contributed by atoms with Crippen molar-refractivity contribution in [1.82, 2.24) is 5.32 Å². The molecule has 0 radical (unpaired) electrons. The van der Waals surface area contributed by atoms with Gasteiger partial charge in [0.1, 0.15) is 11.9 Å². The number of hydrogen-bond donors (Lipinski definition) is 4. The average Bonchev–Trinajstić information content (AvgIpc) is 3.12. The first-order valence-electron chi connectivity index (χ1n) is 9.78. The molecule has 2 saturated heterocycles. The SMILES string of the molecule is CC(OC(=S)NC[C@H]1CN(c2ccc(N3CCSCC3)c(F)c2)C(=O)O1)([PH](=O)O)P(=O)(O)O. The molecule has 1 amide bonds. The van der Waals surface area contributed by atoms with Crippen LogP contribution in [0.4, 0.5) is 20.6 Å². The highest BCUT2D eigenvalue weighted by atomic mass is 32.2. The first-order valence-corrected chi connectivity index (χ1v) is 14.3. The van der Waals surface area contributed by atoms with Gasteiger partial charge in [-0.3, -0.25) is 14.0 Å². The molecule has 4 N–H and O–H groups in total. The molecular weight excluding hydrogens is 519 g/mol. The molecule has 0 aromatic heterocycles. The van der Waals surface area contributed by atoms with Crippen LogP contribution >= 0.6 is 39.6 Å². The molecule has 16 heteroatoms. The fourth-order valence-corrected chi connectivity index (χ4v) is 5.89. The summed E-state index contributed by atoms with van der Waals surface area (Å²) in [5, 5.41) is -0.723. The number of carbonyl (C=O) groups is 1.